The zero-order chi connectivity index (χ0) is 14.2. The Morgan fingerprint density at radius 3 is 2.53 bits per heavy atom. The number of hydrogen-bond donors (Lipinski definition) is 0. The van der Waals surface area contributed by atoms with Crippen LogP contribution in [0.25, 0.3) is 5.69 Å². The van der Waals surface area contributed by atoms with Crippen molar-refractivity contribution in [1.82, 2.24) is 4.57 Å². The van der Waals surface area contributed by atoms with Crippen LogP contribution in [0, 0.1) is 18.6 Å². The molecule has 0 amide bonds. The van der Waals surface area contributed by atoms with Crippen molar-refractivity contribution in [2.45, 2.75) is 13.8 Å². The number of hydrogen-bond acceptors (Lipinski definition) is 2. The summed E-state index contributed by atoms with van der Waals surface area (Å²) in [4.78, 5) is 22.9. The maximum atomic E-state index is 13.7. The van der Waals surface area contributed by atoms with E-state index in [0.29, 0.717) is 5.69 Å². The lowest BCUT2D eigenvalue weighted by Crippen LogP contribution is -2.17. The molecule has 0 N–H and O–H groups in total. The zero-order valence-electron chi connectivity index (χ0n) is 10.4. The van der Waals surface area contributed by atoms with Gasteiger partial charge in [-0.05, 0) is 26.0 Å². The summed E-state index contributed by atoms with van der Waals surface area (Å²) in [5.41, 5.74) is -0.119. The van der Waals surface area contributed by atoms with Gasteiger partial charge < -0.3 is 4.57 Å². The highest BCUT2D eigenvalue weighted by Gasteiger charge is 2.12. The average Bonchev–Trinajstić information content (AvgIpc) is 2.32. The van der Waals surface area contributed by atoms with Crippen molar-refractivity contribution in [3.05, 3.63) is 63.6 Å². The molecule has 0 saturated carbocycles. The van der Waals surface area contributed by atoms with E-state index in [1.807, 2.05) is 0 Å². The van der Waals surface area contributed by atoms with E-state index in [1.165, 1.54) is 23.8 Å². The van der Waals surface area contributed by atoms with Crippen molar-refractivity contribution in [2.75, 3.05) is 0 Å². The van der Waals surface area contributed by atoms with Crippen LogP contribution in [0.1, 0.15) is 23.0 Å². The van der Waals surface area contributed by atoms with Gasteiger partial charge in [0.15, 0.2) is 11.2 Å². The van der Waals surface area contributed by atoms with E-state index in [2.05, 4.69) is 0 Å². The SMILES string of the molecule is CC(=O)c1cn(-c2cc(F)ccc2F)c(C)cc1=O. The third-order valence-corrected chi connectivity index (χ3v) is 2.79. The van der Waals surface area contributed by atoms with E-state index in [4.69, 9.17) is 0 Å². The predicted octanol–water partition coefficient (Wildman–Crippen LogP) is 2.63. The first-order valence-corrected chi connectivity index (χ1v) is 5.60. The Bertz CT molecular complexity index is 720. The summed E-state index contributed by atoms with van der Waals surface area (Å²) < 4.78 is 28.2. The quantitative estimate of drug-likeness (QED) is 0.781. The van der Waals surface area contributed by atoms with E-state index in [-0.39, 0.29) is 11.3 Å². The van der Waals surface area contributed by atoms with Crippen LogP contribution in [0.4, 0.5) is 8.78 Å². The maximum absolute atomic E-state index is 13.7. The van der Waals surface area contributed by atoms with Gasteiger partial charge in [-0.3, -0.25) is 9.59 Å². The van der Waals surface area contributed by atoms with Crippen molar-refractivity contribution >= 4 is 5.78 Å². The Labute approximate surface area is 108 Å². The standard InChI is InChI=1S/C14H11F2NO2/c1-8-5-14(19)11(9(2)18)7-17(8)13-6-10(15)3-4-12(13)16/h3-7H,1-2H3. The molecule has 3 nitrogen and oxygen atoms in total. The molecule has 0 bridgehead atoms. The van der Waals surface area contributed by atoms with E-state index >= 15 is 0 Å². The summed E-state index contributed by atoms with van der Waals surface area (Å²) in [7, 11) is 0. The molecule has 1 aromatic carbocycles. The van der Waals surface area contributed by atoms with E-state index in [9.17, 15) is 18.4 Å². The largest absolute Gasteiger partial charge is 0.317 e. The molecule has 2 rings (SSSR count). The van der Waals surface area contributed by atoms with Gasteiger partial charge >= 0.3 is 0 Å². The second-order valence-electron chi connectivity index (χ2n) is 4.21. The topological polar surface area (TPSA) is 39.1 Å². The van der Waals surface area contributed by atoms with Gasteiger partial charge in [-0.25, -0.2) is 8.78 Å². The van der Waals surface area contributed by atoms with Crippen molar-refractivity contribution in [2.24, 2.45) is 0 Å². The Hall–Kier alpha value is -2.30. The molecule has 2 aromatic rings. The van der Waals surface area contributed by atoms with Gasteiger partial charge in [0.25, 0.3) is 0 Å². The number of carbonyl (C=O) groups excluding carboxylic acids is 1. The summed E-state index contributed by atoms with van der Waals surface area (Å²) in [6.45, 7) is 2.83. The molecular formula is C14H11F2NO2. The van der Waals surface area contributed by atoms with Gasteiger partial charge in [-0.15, -0.1) is 0 Å². The van der Waals surface area contributed by atoms with Gasteiger partial charge in [0.2, 0.25) is 0 Å². The lowest BCUT2D eigenvalue weighted by Gasteiger charge is -2.12. The molecule has 19 heavy (non-hydrogen) atoms. The number of Topliss-reactive ketones (excluding diaryl/α,β-unsaturated/α-hetero) is 1. The average molecular weight is 263 g/mol. The smallest absolute Gasteiger partial charge is 0.192 e. The number of aryl methyl sites for hydroxylation is 1. The van der Waals surface area contributed by atoms with E-state index in [0.717, 1.165) is 18.2 Å². The molecule has 0 aliphatic rings. The predicted molar refractivity (Wildman–Crippen MR) is 66.7 cm³/mol. The number of benzene rings is 1. The molecule has 0 aliphatic carbocycles. The van der Waals surface area contributed by atoms with Crippen molar-refractivity contribution in [3.8, 4) is 5.69 Å². The lowest BCUT2D eigenvalue weighted by molar-refractivity contribution is 0.101. The van der Waals surface area contributed by atoms with Crippen LogP contribution < -0.4 is 5.43 Å². The normalized spacial score (nSPS) is 10.5. The van der Waals surface area contributed by atoms with Crippen LogP contribution in [-0.4, -0.2) is 10.4 Å². The van der Waals surface area contributed by atoms with Crippen molar-refractivity contribution in [1.29, 1.82) is 0 Å². The number of pyridine rings is 1. The summed E-state index contributed by atoms with van der Waals surface area (Å²) in [6.07, 6.45) is 1.23. The van der Waals surface area contributed by atoms with Crippen LogP contribution in [0.5, 0.6) is 0 Å². The van der Waals surface area contributed by atoms with Crippen LogP contribution in [-0.2, 0) is 0 Å². The number of nitrogens with zero attached hydrogens (tertiary/aromatic N) is 1. The fourth-order valence-electron chi connectivity index (χ4n) is 1.83. The first kappa shape index (κ1) is 13.1. The molecule has 98 valence electrons. The minimum Gasteiger partial charge on any atom is -0.317 e. The molecule has 1 heterocycles. The Morgan fingerprint density at radius 1 is 1.21 bits per heavy atom. The highest BCUT2D eigenvalue weighted by molar-refractivity contribution is 5.93. The second-order valence-corrected chi connectivity index (χ2v) is 4.21. The first-order chi connectivity index (χ1) is 8.90. The first-order valence-electron chi connectivity index (χ1n) is 5.60. The summed E-state index contributed by atoms with van der Waals surface area (Å²) in [6, 6.07) is 4.23. The van der Waals surface area contributed by atoms with Gasteiger partial charge in [0.05, 0.1) is 11.3 Å². The molecular weight excluding hydrogens is 252 g/mol. The van der Waals surface area contributed by atoms with E-state index in [1.54, 1.807) is 6.92 Å². The highest BCUT2D eigenvalue weighted by Crippen LogP contribution is 2.17. The summed E-state index contributed by atoms with van der Waals surface area (Å²) in [5.74, 6) is -1.66. The third-order valence-electron chi connectivity index (χ3n) is 2.79. The summed E-state index contributed by atoms with van der Waals surface area (Å²) in [5, 5.41) is 0. The Kier molecular flexibility index (Phi) is 3.29. The molecule has 5 heteroatoms. The minimum atomic E-state index is -0.636. The van der Waals surface area contributed by atoms with Crippen molar-refractivity contribution < 1.29 is 13.6 Å². The van der Waals surface area contributed by atoms with Crippen LogP contribution >= 0.6 is 0 Å². The van der Waals surface area contributed by atoms with Gasteiger partial charge in [0.1, 0.15) is 11.6 Å². The van der Waals surface area contributed by atoms with Crippen LogP contribution in [0.3, 0.4) is 0 Å². The van der Waals surface area contributed by atoms with Crippen LogP contribution in [0.15, 0.2) is 35.3 Å². The number of rotatable bonds is 2. The number of ketones is 1. The van der Waals surface area contributed by atoms with Gasteiger partial charge in [-0.2, -0.15) is 0 Å². The maximum Gasteiger partial charge on any atom is 0.192 e. The second kappa shape index (κ2) is 4.76. The molecule has 0 saturated heterocycles. The molecule has 0 unspecified atom stereocenters. The van der Waals surface area contributed by atoms with Crippen molar-refractivity contribution in [3.63, 3.8) is 0 Å². The monoisotopic (exact) mass is 263 g/mol. The number of carbonyl (C=O) groups is 1. The third kappa shape index (κ3) is 2.45. The highest BCUT2D eigenvalue weighted by atomic mass is 19.1. The number of aromatic nitrogens is 1. The molecule has 0 radical (unpaired) electrons. The minimum absolute atomic E-state index is 0.0417. The molecule has 0 spiro atoms. The fraction of sp³-hybridized carbons (Fsp3) is 0.143. The summed E-state index contributed by atoms with van der Waals surface area (Å²) >= 11 is 0. The van der Waals surface area contributed by atoms with E-state index < -0.39 is 22.8 Å². The fourth-order valence-corrected chi connectivity index (χ4v) is 1.83. The van der Waals surface area contributed by atoms with Gasteiger partial charge in [-0.1, -0.05) is 0 Å². The van der Waals surface area contributed by atoms with Crippen LogP contribution in [0.2, 0.25) is 0 Å². The zero-order valence-corrected chi connectivity index (χ0v) is 10.4. The Balaban J connectivity index is 2.75. The molecule has 1 aromatic heterocycles. The van der Waals surface area contributed by atoms with Gasteiger partial charge in [0, 0.05) is 24.0 Å². The lowest BCUT2D eigenvalue weighted by atomic mass is 10.1. The molecule has 0 atom stereocenters. The number of halogens is 2. The molecule has 0 fully saturated rings. The molecule has 0 aliphatic heterocycles. The Morgan fingerprint density at radius 2 is 1.89 bits per heavy atom.